The number of hydrogen-bond donors (Lipinski definition) is 2. The summed E-state index contributed by atoms with van der Waals surface area (Å²) in [5.41, 5.74) is 1.96. The molecule has 2 unspecified atom stereocenters. The summed E-state index contributed by atoms with van der Waals surface area (Å²) >= 11 is 0. The normalized spacial score (nSPS) is 16.1. The Labute approximate surface area is 109 Å². The smallest absolute Gasteiger partial charge is 0.328 e. The van der Waals surface area contributed by atoms with E-state index >= 15 is 0 Å². The summed E-state index contributed by atoms with van der Waals surface area (Å²) < 4.78 is 0. The first-order chi connectivity index (χ1) is 8.31. The molecule has 0 aliphatic carbocycles. The van der Waals surface area contributed by atoms with Gasteiger partial charge in [-0.05, 0) is 45.2 Å². The molecular formula is C15H23NO2. The maximum absolute atomic E-state index is 11.6. The van der Waals surface area contributed by atoms with Crippen LogP contribution < -0.4 is 5.32 Å². The first-order valence-corrected chi connectivity index (χ1v) is 6.40. The van der Waals surface area contributed by atoms with Gasteiger partial charge < -0.3 is 5.11 Å². The molecule has 2 atom stereocenters. The van der Waals surface area contributed by atoms with Crippen molar-refractivity contribution in [2.45, 2.75) is 52.6 Å². The fourth-order valence-corrected chi connectivity index (χ4v) is 2.22. The monoisotopic (exact) mass is 249 g/mol. The van der Waals surface area contributed by atoms with Crippen LogP contribution >= 0.6 is 0 Å². The highest BCUT2D eigenvalue weighted by Crippen LogP contribution is 2.26. The molecule has 0 spiro atoms. The van der Waals surface area contributed by atoms with Crippen molar-refractivity contribution in [1.82, 2.24) is 5.32 Å². The van der Waals surface area contributed by atoms with E-state index in [-0.39, 0.29) is 6.04 Å². The maximum atomic E-state index is 11.6. The lowest BCUT2D eigenvalue weighted by Gasteiger charge is -2.31. The Bertz CT molecular complexity index is 442. The quantitative estimate of drug-likeness (QED) is 0.843. The predicted molar refractivity (Wildman–Crippen MR) is 73.8 cm³/mol. The highest BCUT2D eigenvalue weighted by atomic mass is 16.4. The van der Waals surface area contributed by atoms with E-state index in [9.17, 15) is 9.90 Å². The second-order valence-corrected chi connectivity index (χ2v) is 5.20. The molecule has 0 heterocycles. The molecule has 1 aromatic rings. The number of carboxylic acid groups (broad SMARTS) is 1. The van der Waals surface area contributed by atoms with E-state index < -0.39 is 11.5 Å². The molecule has 0 fully saturated rings. The number of aryl methyl sites for hydroxylation is 2. The molecule has 0 aliphatic heterocycles. The largest absolute Gasteiger partial charge is 0.480 e. The summed E-state index contributed by atoms with van der Waals surface area (Å²) in [6, 6.07) is 6.05. The van der Waals surface area contributed by atoms with E-state index in [0.717, 1.165) is 23.1 Å². The van der Waals surface area contributed by atoms with E-state index in [4.69, 9.17) is 0 Å². The van der Waals surface area contributed by atoms with Gasteiger partial charge in [0.15, 0.2) is 0 Å². The molecule has 3 heteroatoms. The zero-order valence-electron chi connectivity index (χ0n) is 11.9. The lowest BCUT2D eigenvalue weighted by molar-refractivity contribution is -0.145. The van der Waals surface area contributed by atoms with Gasteiger partial charge in [0.2, 0.25) is 0 Å². The van der Waals surface area contributed by atoms with E-state index in [0.29, 0.717) is 0 Å². The van der Waals surface area contributed by atoms with Gasteiger partial charge in [0.1, 0.15) is 5.54 Å². The van der Waals surface area contributed by atoms with E-state index in [1.807, 2.05) is 45.9 Å². The van der Waals surface area contributed by atoms with Gasteiger partial charge in [0.25, 0.3) is 0 Å². The Morgan fingerprint density at radius 1 is 1.44 bits per heavy atom. The van der Waals surface area contributed by atoms with Gasteiger partial charge in [-0.25, -0.2) is 4.79 Å². The summed E-state index contributed by atoms with van der Waals surface area (Å²) in [7, 11) is 0. The molecule has 1 aromatic carbocycles. The van der Waals surface area contributed by atoms with Crippen LogP contribution in [0, 0.1) is 13.8 Å². The molecule has 0 saturated heterocycles. The second kappa shape index (κ2) is 5.53. The minimum atomic E-state index is -1.03. The van der Waals surface area contributed by atoms with Crippen molar-refractivity contribution >= 4 is 5.97 Å². The van der Waals surface area contributed by atoms with Gasteiger partial charge in [-0.3, -0.25) is 5.32 Å². The van der Waals surface area contributed by atoms with E-state index in [2.05, 4.69) is 5.32 Å². The van der Waals surface area contributed by atoms with Crippen molar-refractivity contribution in [3.05, 3.63) is 34.9 Å². The molecule has 0 radical (unpaired) electrons. The van der Waals surface area contributed by atoms with Crippen LogP contribution in [-0.2, 0) is 10.3 Å². The first-order valence-electron chi connectivity index (χ1n) is 6.40. The van der Waals surface area contributed by atoms with Crippen LogP contribution in [-0.4, -0.2) is 17.1 Å². The van der Waals surface area contributed by atoms with Gasteiger partial charge in [0.05, 0.1) is 0 Å². The number of carboxylic acids is 1. The van der Waals surface area contributed by atoms with Crippen LogP contribution in [0.3, 0.4) is 0 Å². The Balaban J connectivity index is 3.22. The molecule has 3 nitrogen and oxygen atoms in total. The van der Waals surface area contributed by atoms with E-state index in [1.54, 1.807) is 6.92 Å². The minimum absolute atomic E-state index is 0.159. The summed E-state index contributed by atoms with van der Waals surface area (Å²) in [5.74, 6) is -0.838. The number of aliphatic carboxylic acids is 1. The van der Waals surface area contributed by atoms with E-state index in [1.165, 1.54) is 0 Å². The van der Waals surface area contributed by atoms with Crippen molar-refractivity contribution < 1.29 is 9.90 Å². The van der Waals surface area contributed by atoms with Crippen LogP contribution in [0.25, 0.3) is 0 Å². The number of nitrogens with one attached hydrogen (secondary N) is 1. The zero-order chi connectivity index (χ0) is 13.9. The number of carbonyl (C=O) groups is 1. The second-order valence-electron chi connectivity index (χ2n) is 5.20. The third-order valence-corrected chi connectivity index (χ3v) is 3.50. The van der Waals surface area contributed by atoms with Crippen LogP contribution in [0.4, 0.5) is 0 Å². The molecule has 1 rings (SSSR count). The highest BCUT2D eigenvalue weighted by Gasteiger charge is 2.36. The third kappa shape index (κ3) is 2.91. The topological polar surface area (TPSA) is 49.3 Å². The SMILES string of the molecule is CCC(C)NC(C)(C(=O)O)c1ccc(C)cc1C. The van der Waals surface area contributed by atoms with Gasteiger partial charge in [0, 0.05) is 6.04 Å². The Hall–Kier alpha value is -1.35. The molecular weight excluding hydrogens is 226 g/mol. The molecule has 0 saturated carbocycles. The van der Waals surface area contributed by atoms with Gasteiger partial charge >= 0.3 is 5.97 Å². The van der Waals surface area contributed by atoms with Gasteiger partial charge in [-0.15, -0.1) is 0 Å². The maximum Gasteiger partial charge on any atom is 0.328 e. The Morgan fingerprint density at radius 3 is 2.50 bits per heavy atom. The molecule has 0 amide bonds. The minimum Gasteiger partial charge on any atom is -0.480 e. The lowest BCUT2D eigenvalue weighted by atomic mass is 9.87. The summed E-state index contributed by atoms with van der Waals surface area (Å²) in [5, 5.41) is 12.8. The fourth-order valence-electron chi connectivity index (χ4n) is 2.22. The molecule has 0 aliphatic rings. The van der Waals surface area contributed by atoms with Crippen LogP contribution in [0.2, 0.25) is 0 Å². The van der Waals surface area contributed by atoms with Crippen molar-refractivity contribution in [2.24, 2.45) is 0 Å². The number of rotatable bonds is 5. The first kappa shape index (κ1) is 14.7. The van der Waals surface area contributed by atoms with Crippen molar-refractivity contribution in [1.29, 1.82) is 0 Å². The van der Waals surface area contributed by atoms with Gasteiger partial charge in [-0.2, -0.15) is 0 Å². The van der Waals surface area contributed by atoms with Crippen LogP contribution in [0.5, 0.6) is 0 Å². The predicted octanol–water partition coefficient (Wildman–Crippen LogP) is 2.99. The average Bonchev–Trinajstić information content (AvgIpc) is 2.28. The van der Waals surface area contributed by atoms with Crippen LogP contribution in [0.15, 0.2) is 18.2 Å². The van der Waals surface area contributed by atoms with Crippen LogP contribution in [0.1, 0.15) is 43.9 Å². The number of benzene rings is 1. The lowest BCUT2D eigenvalue weighted by Crippen LogP contribution is -2.50. The summed E-state index contributed by atoms with van der Waals surface area (Å²) in [6.45, 7) is 9.75. The van der Waals surface area contributed by atoms with Crippen molar-refractivity contribution in [2.75, 3.05) is 0 Å². The third-order valence-electron chi connectivity index (χ3n) is 3.50. The number of hydrogen-bond acceptors (Lipinski definition) is 2. The molecule has 0 bridgehead atoms. The standard InChI is InChI=1S/C15H23NO2/c1-6-12(4)16-15(5,14(17)18)13-8-7-10(2)9-11(13)3/h7-9,12,16H,6H2,1-5H3,(H,17,18). The molecule has 2 N–H and O–H groups in total. The summed E-state index contributed by atoms with van der Waals surface area (Å²) in [6.07, 6.45) is 0.897. The molecule has 100 valence electrons. The molecule has 0 aromatic heterocycles. The van der Waals surface area contributed by atoms with Gasteiger partial charge in [-0.1, -0.05) is 30.7 Å². The van der Waals surface area contributed by atoms with Crippen molar-refractivity contribution in [3.8, 4) is 0 Å². The highest BCUT2D eigenvalue weighted by molar-refractivity contribution is 5.81. The zero-order valence-corrected chi connectivity index (χ0v) is 11.9. The summed E-state index contributed by atoms with van der Waals surface area (Å²) in [4.78, 5) is 11.6. The van der Waals surface area contributed by atoms with Crippen molar-refractivity contribution in [3.63, 3.8) is 0 Å². The average molecular weight is 249 g/mol. The Morgan fingerprint density at radius 2 is 2.06 bits per heavy atom. The Kier molecular flexibility index (Phi) is 4.52. The molecule has 18 heavy (non-hydrogen) atoms. The fraction of sp³-hybridized carbons (Fsp3) is 0.533.